The molecule has 0 spiro atoms. The fraction of sp³-hybridized carbons (Fsp3) is 0.240. The molecule has 6 heteroatoms. The van der Waals surface area contributed by atoms with Crippen LogP contribution in [0.2, 0.25) is 0 Å². The van der Waals surface area contributed by atoms with Crippen LogP contribution in [0.3, 0.4) is 0 Å². The summed E-state index contributed by atoms with van der Waals surface area (Å²) in [4.78, 5) is 13.6. The Balaban J connectivity index is 1.78. The highest BCUT2D eigenvalue weighted by atomic mass is 19.1. The molecule has 162 valence electrons. The van der Waals surface area contributed by atoms with Crippen molar-refractivity contribution in [1.29, 1.82) is 0 Å². The zero-order chi connectivity index (χ0) is 22.2. The summed E-state index contributed by atoms with van der Waals surface area (Å²) >= 11 is 0. The quantitative estimate of drug-likeness (QED) is 0.449. The number of nitrogens with two attached hydrogens (primary N) is 1. The molecular formula is C25H26F2N2O2. The summed E-state index contributed by atoms with van der Waals surface area (Å²) in [5, 5.41) is 10.4. The largest absolute Gasteiger partial charge is 0.388 e. The minimum atomic E-state index is -0.726. The lowest BCUT2D eigenvalue weighted by Crippen LogP contribution is -2.27. The van der Waals surface area contributed by atoms with Gasteiger partial charge in [-0.05, 0) is 72.4 Å². The van der Waals surface area contributed by atoms with Gasteiger partial charge in [0.25, 0.3) is 0 Å². The van der Waals surface area contributed by atoms with Crippen molar-refractivity contribution >= 4 is 12.1 Å². The molecule has 0 heterocycles. The molecule has 3 aromatic rings. The summed E-state index contributed by atoms with van der Waals surface area (Å²) in [6.45, 7) is 0.421. The molecule has 2 atom stereocenters. The van der Waals surface area contributed by atoms with Crippen LogP contribution < -0.4 is 10.6 Å². The molecule has 0 aliphatic heterocycles. The van der Waals surface area contributed by atoms with E-state index in [1.54, 1.807) is 29.2 Å². The topological polar surface area (TPSA) is 66.6 Å². The molecule has 0 saturated heterocycles. The molecule has 0 aliphatic rings. The van der Waals surface area contributed by atoms with Crippen LogP contribution in [-0.4, -0.2) is 11.5 Å². The number of rotatable bonds is 10. The first kappa shape index (κ1) is 22.6. The number of amides is 1. The second kappa shape index (κ2) is 10.8. The Labute approximate surface area is 180 Å². The predicted octanol–water partition coefficient (Wildman–Crippen LogP) is 5.03. The van der Waals surface area contributed by atoms with E-state index in [1.165, 1.54) is 24.3 Å². The van der Waals surface area contributed by atoms with Gasteiger partial charge in [-0.1, -0.05) is 36.4 Å². The van der Waals surface area contributed by atoms with Crippen molar-refractivity contribution in [2.24, 2.45) is 5.73 Å². The van der Waals surface area contributed by atoms with Crippen molar-refractivity contribution in [2.75, 3.05) is 4.90 Å². The standard InChI is InChI=1S/C25H26F2N2O2/c26-21-10-8-20(9-11-21)25(31)3-1-2-24(19-6-4-18(16-28)5-7-19)29(17-30)23-14-12-22(27)13-15-23/h4-15,17,24-25,31H,1-3,16,28H2. The second-order valence-electron chi connectivity index (χ2n) is 7.45. The first-order valence-electron chi connectivity index (χ1n) is 10.2. The van der Waals surface area contributed by atoms with Gasteiger partial charge in [0.15, 0.2) is 0 Å². The summed E-state index contributed by atoms with van der Waals surface area (Å²) in [7, 11) is 0. The number of hydrogen-bond donors (Lipinski definition) is 2. The minimum absolute atomic E-state index is 0.296. The highest BCUT2D eigenvalue weighted by Crippen LogP contribution is 2.32. The Kier molecular flexibility index (Phi) is 7.87. The van der Waals surface area contributed by atoms with E-state index in [9.17, 15) is 18.7 Å². The number of aliphatic hydroxyl groups excluding tert-OH is 1. The number of aliphatic hydroxyl groups is 1. The van der Waals surface area contributed by atoms with E-state index in [4.69, 9.17) is 5.73 Å². The van der Waals surface area contributed by atoms with Crippen LogP contribution in [0.25, 0.3) is 0 Å². The lowest BCUT2D eigenvalue weighted by atomic mass is 9.95. The van der Waals surface area contributed by atoms with Crippen LogP contribution in [0.15, 0.2) is 72.8 Å². The first-order chi connectivity index (χ1) is 15.0. The third-order valence-corrected chi connectivity index (χ3v) is 5.38. The molecule has 31 heavy (non-hydrogen) atoms. The number of carbonyl (C=O) groups is 1. The molecule has 0 bridgehead atoms. The molecule has 0 aliphatic carbocycles. The third kappa shape index (κ3) is 5.96. The highest BCUT2D eigenvalue weighted by Gasteiger charge is 2.21. The van der Waals surface area contributed by atoms with Crippen LogP contribution in [0.4, 0.5) is 14.5 Å². The molecule has 3 aromatic carbocycles. The monoisotopic (exact) mass is 424 g/mol. The number of benzene rings is 3. The molecular weight excluding hydrogens is 398 g/mol. The first-order valence-corrected chi connectivity index (χ1v) is 10.2. The minimum Gasteiger partial charge on any atom is -0.388 e. The van der Waals surface area contributed by atoms with E-state index < -0.39 is 6.10 Å². The van der Waals surface area contributed by atoms with Crippen LogP contribution in [-0.2, 0) is 11.3 Å². The van der Waals surface area contributed by atoms with Gasteiger partial charge in [-0.15, -0.1) is 0 Å². The van der Waals surface area contributed by atoms with Crippen molar-refractivity contribution in [3.8, 4) is 0 Å². The van der Waals surface area contributed by atoms with Crippen LogP contribution in [0.1, 0.15) is 48.1 Å². The maximum atomic E-state index is 13.4. The van der Waals surface area contributed by atoms with Gasteiger partial charge in [0.2, 0.25) is 6.41 Å². The molecule has 3 N–H and O–H groups in total. The Morgan fingerprint density at radius 3 is 1.94 bits per heavy atom. The van der Waals surface area contributed by atoms with Crippen molar-refractivity contribution < 1.29 is 18.7 Å². The van der Waals surface area contributed by atoms with Gasteiger partial charge in [-0.2, -0.15) is 0 Å². The SMILES string of the molecule is NCc1ccc(C(CCCC(O)c2ccc(F)cc2)N(C=O)c2ccc(F)cc2)cc1. The molecule has 1 amide bonds. The molecule has 0 aromatic heterocycles. The lowest BCUT2D eigenvalue weighted by molar-refractivity contribution is -0.108. The zero-order valence-corrected chi connectivity index (χ0v) is 17.1. The van der Waals surface area contributed by atoms with E-state index in [0.29, 0.717) is 37.1 Å². The summed E-state index contributed by atoms with van der Waals surface area (Å²) in [5.74, 6) is -0.723. The third-order valence-electron chi connectivity index (χ3n) is 5.38. The Morgan fingerprint density at radius 2 is 1.39 bits per heavy atom. The molecule has 3 rings (SSSR count). The van der Waals surface area contributed by atoms with E-state index in [0.717, 1.165) is 17.5 Å². The van der Waals surface area contributed by atoms with Crippen molar-refractivity contribution in [2.45, 2.75) is 38.0 Å². The van der Waals surface area contributed by atoms with E-state index in [2.05, 4.69) is 0 Å². The molecule has 0 radical (unpaired) electrons. The smallest absolute Gasteiger partial charge is 0.214 e. The van der Waals surface area contributed by atoms with Crippen LogP contribution in [0, 0.1) is 11.6 Å². The molecule has 4 nitrogen and oxygen atoms in total. The fourth-order valence-electron chi connectivity index (χ4n) is 3.63. The van der Waals surface area contributed by atoms with Crippen molar-refractivity contribution in [1.82, 2.24) is 0 Å². The average Bonchev–Trinajstić information content (AvgIpc) is 2.80. The zero-order valence-electron chi connectivity index (χ0n) is 17.1. The van der Waals surface area contributed by atoms with Crippen LogP contribution in [0.5, 0.6) is 0 Å². The summed E-state index contributed by atoms with van der Waals surface area (Å²) < 4.78 is 26.5. The summed E-state index contributed by atoms with van der Waals surface area (Å²) in [6.07, 6.45) is 1.67. The van der Waals surface area contributed by atoms with Crippen LogP contribution >= 0.6 is 0 Å². The second-order valence-corrected chi connectivity index (χ2v) is 7.45. The normalized spacial score (nSPS) is 12.9. The van der Waals surface area contributed by atoms with Crippen molar-refractivity contribution in [3.63, 3.8) is 0 Å². The number of anilines is 1. The van der Waals surface area contributed by atoms with Gasteiger partial charge in [-0.25, -0.2) is 8.78 Å². The van der Waals surface area contributed by atoms with E-state index >= 15 is 0 Å². The number of hydrogen-bond acceptors (Lipinski definition) is 3. The fourth-order valence-corrected chi connectivity index (χ4v) is 3.63. The predicted molar refractivity (Wildman–Crippen MR) is 117 cm³/mol. The Hall–Kier alpha value is -3.09. The van der Waals surface area contributed by atoms with E-state index in [-0.39, 0.29) is 17.7 Å². The Bertz CT molecular complexity index is 960. The van der Waals surface area contributed by atoms with Gasteiger partial charge < -0.3 is 15.7 Å². The highest BCUT2D eigenvalue weighted by molar-refractivity contribution is 5.76. The maximum absolute atomic E-state index is 13.4. The molecule has 0 saturated carbocycles. The van der Waals surface area contributed by atoms with Gasteiger partial charge in [0.05, 0.1) is 12.1 Å². The molecule has 2 unspecified atom stereocenters. The van der Waals surface area contributed by atoms with Gasteiger partial charge >= 0.3 is 0 Å². The van der Waals surface area contributed by atoms with Gasteiger partial charge in [0.1, 0.15) is 11.6 Å². The van der Waals surface area contributed by atoms with Gasteiger partial charge in [0, 0.05) is 12.2 Å². The number of nitrogens with zero attached hydrogens (tertiary/aromatic N) is 1. The van der Waals surface area contributed by atoms with E-state index in [1.807, 2.05) is 24.3 Å². The van der Waals surface area contributed by atoms with Crippen molar-refractivity contribution in [3.05, 3.63) is 101 Å². The lowest BCUT2D eigenvalue weighted by Gasteiger charge is -2.29. The average molecular weight is 424 g/mol. The number of halogens is 2. The molecule has 0 fully saturated rings. The van der Waals surface area contributed by atoms with Gasteiger partial charge in [-0.3, -0.25) is 4.79 Å². The summed E-state index contributed by atoms with van der Waals surface area (Å²) in [5.41, 5.74) is 8.83. The Morgan fingerprint density at radius 1 is 0.839 bits per heavy atom. The number of carbonyl (C=O) groups excluding carboxylic acids is 1. The summed E-state index contributed by atoms with van der Waals surface area (Å²) in [6, 6.07) is 19.0. The maximum Gasteiger partial charge on any atom is 0.214 e.